The second-order valence-electron chi connectivity index (χ2n) is 2.73. The minimum Gasteiger partial charge on any atom is -0.258 e. The Morgan fingerprint density at radius 2 is 2.27 bits per heavy atom. The Kier molecular flexibility index (Phi) is 2.20. The van der Waals surface area contributed by atoms with Crippen LogP contribution in [0.2, 0.25) is 5.02 Å². The van der Waals surface area contributed by atoms with Gasteiger partial charge in [-0.1, -0.05) is 11.6 Å². The van der Waals surface area contributed by atoms with Crippen molar-refractivity contribution in [2.24, 2.45) is 0 Å². The van der Waals surface area contributed by atoms with Gasteiger partial charge in [0.15, 0.2) is 0 Å². The number of benzene rings is 1. The fraction of sp³-hybridized carbons (Fsp3) is 0. The number of aromatic nitrogens is 2. The van der Waals surface area contributed by atoms with E-state index in [-0.39, 0.29) is 15.9 Å². The van der Waals surface area contributed by atoms with Crippen molar-refractivity contribution < 1.29 is 9.31 Å². The third-order valence-electron chi connectivity index (χ3n) is 1.86. The predicted molar refractivity (Wildman–Crippen MR) is 51.2 cm³/mol. The summed E-state index contributed by atoms with van der Waals surface area (Å²) in [4.78, 5) is 17.1. The molecule has 0 N–H and O–H groups in total. The van der Waals surface area contributed by atoms with E-state index in [1.54, 1.807) is 0 Å². The number of hydrogen-bond donors (Lipinski definition) is 0. The first-order valence-electron chi connectivity index (χ1n) is 3.83. The highest BCUT2D eigenvalue weighted by Crippen LogP contribution is 2.33. The van der Waals surface area contributed by atoms with Crippen molar-refractivity contribution in [2.75, 3.05) is 0 Å². The molecule has 0 unspecified atom stereocenters. The molecule has 1 heterocycles. The molecular weight excluding hydrogens is 225 g/mol. The summed E-state index contributed by atoms with van der Waals surface area (Å²) in [5, 5.41) is 10.5. The van der Waals surface area contributed by atoms with Gasteiger partial charge in [0.05, 0.1) is 10.4 Å². The average molecular weight is 228 g/mol. The Morgan fingerprint density at radius 1 is 1.53 bits per heavy atom. The van der Waals surface area contributed by atoms with E-state index >= 15 is 0 Å². The van der Waals surface area contributed by atoms with Gasteiger partial charge in [-0.15, -0.1) is 0 Å². The quantitative estimate of drug-likeness (QED) is 0.554. The lowest BCUT2D eigenvalue weighted by molar-refractivity contribution is -0.387. The maximum absolute atomic E-state index is 13.2. The van der Waals surface area contributed by atoms with E-state index in [4.69, 9.17) is 11.6 Å². The van der Waals surface area contributed by atoms with E-state index in [2.05, 4.69) is 9.97 Å². The van der Waals surface area contributed by atoms with E-state index in [0.717, 1.165) is 6.07 Å². The lowest BCUT2D eigenvalue weighted by Crippen LogP contribution is -1.95. The van der Waals surface area contributed by atoms with Crippen molar-refractivity contribution in [1.82, 2.24) is 9.97 Å². The zero-order valence-electron chi connectivity index (χ0n) is 7.15. The van der Waals surface area contributed by atoms with Crippen LogP contribution in [-0.4, -0.2) is 14.9 Å². The second kappa shape index (κ2) is 3.39. The largest absolute Gasteiger partial charge is 0.324 e. The summed E-state index contributed by atoms with van der Waals surface area (Å²) in [5.41, 5.74) is -0.517. The van der Waals surface area contributed by atoms with Crippen LogP contribution in [-0.2, 0) is 0 Å². The van der Waals surface area contributed by atoms with E-state index in [1.165, 1.54) is 12.5 Å². The summed E-state index contributed by atoms with van der Waals surface area (Å²) in [6.07, 6.45) is 2.51. The fourth-order valence-corrected chi connectivity index (χ4v) is 1.52. The van der Waals surface area contributed by atoms with Gasteiger partial charge in [-0.3, -0.25) is 10.1 Å². The molecular formula is C8H3ClFN3O2. The second-order valence-corrected chi connectivity index (χ2v) is 3.11. The van der Waals surface area contributed by atoms with Gasteiger partial charge in [0.25, 0.3) is 0 Å². The Balaban J connectivity index is 2.90. The number of halogens is 2. The molecule has 0 bridgehead atoms. The zero-order chi connectivity index (χ0) is 11.0. The van der Waals surface area contributed by atoms with Crippen LogP contribution in [0.3, 0.4) is 0 Å². The Morgan fingerprint density at radius 3 is 2.93 bits per heavy atom. The molecule has 0 fully saturated rings. The molecule has 15 heavy (non-hydrogen) atoms. The van der Waals surface area contributed by atoms with Gasteiger partial charge in [0.2, 0.25) is 5.82 Å². The molecule has 76 valence electrons. The van der Waals surface area contributed by atoms with Gasteiger partial charge in [0, 0.05) is 17.6 Å². The highest BCUT2D eigenvalue weighted by molar-refractivity contribution is 6.37. The lowest BCUT2D eigenvalue weighted by atomic mass is 10.2. The number of rotatable bonds is 1. The van der Waals surface area contributed by atoms with Crippen LogP contribution in [0.5, 0.6) is 0 Å². The first kappa shape index (κ1) is 9.72. The minimum absolute atomic E-state index is 0.234. The molecule has 0 amide bonds. The lowest BCUT2D eigenvalue weighted by Gasteiger charge is -2.00. The Bertz CT molecular complexity index is 561. The van der Waals surface area contributed by atoms with Gasteiger partial charge in [-0.25, -0.2) is 9.97 Å². The van der Waals surface area contributed by atoms with Crippen LogP contribution in [0, 0.1) is 15.9 Å². The summed E-state index contributed by atoms with van der Waals surface area (Å²) in [7, 11) is 0. The van der Waals surface area contributed by atoms with Gasteiger partial charge >= 0.3 is 5.69 Å². The van der Waals surface area contributed by atoms with Crippen LogP contribution >= 0.6 is 11.6 Å². The molecule has 1 aromatic carbocycles. The molecule has 0 aliphatic carbocycles. The molecule has 2 aromatic rings. The number of nitro groups is 1. The molecule has 0 spiro atoms. The Labute approximate surface area is 87.7 Å². The van der Waals surface area contributed by atoms with Crippen molar-refractivity contribution in [3.8, 4) is 0 Å². The van der Waals surface area contributed by atoms with Crippen LogP contribution in [0.15, 0.2) is 18.6 Å². The van der Waals surface area contributed by atoms with Gasteiger partial charge in [-0.05, 0) is 0 Å². The van der Waals surface area contributed by atoms with Gasteiger partial charge in [0.1, 0.15) is 11.3 Å². The molecule has 2 rings (SSSR count). The number of fused-ring (bicyclic) bond motifs is 1. The first-order chi connectivity index (χ1) is 7.11. The third kappa shape index (κ3) is 1.48. The average Bonchev–Trinajstić information content (AvgIpc) is 2.17. The molecule has 0 aliphatic heterocycles. The molecule has 5 nitrogen and oxygen atoms in total. The van der Waals surface area contributed by atoms with Crippen molar-refractivity contribution in [1.29, 1.82) is 0 Å². The van der Waals surface area contributed by atoms with E-state index < -0.39 is 16.4 Å². The molecule has 7 heteroatoms. The van der Waals surface area contributed by atoms with E-state index in [9.17, 15) is 14.5 Å². The van der Waals surface area contributed by atoms with Crippen molar-refractivity contribution >= 4 is 28.2 Å². The van der Waals surface area contributed by atoms with Crippen LogP contribution < -0.4 is 0 Å². The third-order valence-corrected chi connectivity index (χ3v) is 2.24. The summed E-state index contributed by atoms with van der Waals surface area (Å²) in [5.74, 6) is -1.00. The summed E-state index contributed by atoms with van der Waals surface area (Å²) < 4.78 is 13.2. The van der Waals surface area contributed by atoms with E-state index in [1.807, 2.05) is 0 Å². The number of hydrogen-bond acceptors (Lipinski definition) is 4. The van der Waals surface area contributed by atoms with Crippen molar-refractivity contribution in [3.63, 3.8) is 0 Å². The highest BCUT2D eigenvalue weighted by atomic mass is 35.5. The van der Waals surface area contributed by atoms with Gasteiger partial charge < -0.3 is 0 Å². The van der Waals surface area contributed by atoms with Crippen LogP contribution in [0.4, 0.5) is 10.1 Å². The predicted octanol–water partition coefficient (Wildman–Crippen LogP) is 2.33. The normalized spacial score (nSPS) is 10.5. The standard InChI is InChI=1S/C8H3ClFN3O2/c9-7-4-2-11-3-12-6(4)1-5(10)8(7)13(14)15/h1-3H. The first-order valence-corrected chi connectivity index (χ1v) is 4.21. The SMILES string of the molecule is O=[N+]([O-])c1c(F)cc2ncncc2c1Cl. The molecule has 0 atom stereocenters. The van der Waals surface area contributed by atoms with E-state index in [0.29, 0.717) is 0 Å². The minimum atomic E-state index is -1.00. The summed E-state index contributed by atoms with van der Waals surface area (Å²) in [6, 6.07) is 0.959. The number of nitro benzene ring substituents is 1. The topological polar surface area (TPSA) is 68.9 Å². The smallest absolute Gasteiger partial charge is 0.258 e. The Hall–Kier alpha value is -1.82. The zero-order valence-corrected chi connectivity index (χ0v) is 7.90. The summed E-state index contributed by atoms with van der Waals surface area (Å²) >= 11 is 5.68. The highest BCUT2D eigenvalue weighted by Gasteiger charge is 2.22. The van der Waals surface area contributed by atoms with Gasteiger partial charge in [-0.2, -0.15) is 4.39 Å². The number of nitrogens with zero attached hydrogens (tertiary/aromatic N) is 3. The fourth-order valence-electron chi connectivity index (χ4n) is 1.21. The maximum Gasteiger partial charge on any atom is 0.324 e. The molecule has 0 saturated carbocycles. The van der Waals surface area contributed by atoms with Crippen molar-refractivity contribution in [3.05, 3.63) is 39.5 Å². The monoisotopic (exact) mass is 227 g/mol. The molecule has 1 aromatic heterocycles. The summed E-state index contributed by atoms with van der Waals surface area (Å²) in [6.45, 7) is 0. The molecule has 0 radical (unpaired) electrons. The van der Waals surface area contributed by atoms with Crippen LogP contribution in [0.1, 0.15) is 0 Å². The van der Waals surface area contributed by atoms with Crippen molar-refractivity contribution in [2.45, 2.75) is 0 Å². The molecule has 0 saturated heterocycles. The maximum atomic E-state index is 13.2. The van der Waals surface area contributed by atoms with Crippen LogP contribution in [0.25, 0.3) is 10.9 Å². The molecule has 0 aliphatic rings.